The molecule has 0 saturated carbocycles. The van der Waals surface area contributed by atoms with E-state index in [1.807, 2.05) is 30.3 Å². The van der Waals surface area contributed by atoms with Crippen LogP contribution in [-0.2, 0) is 16.1 Å². The van der Waals surface area contributed by atoms with Crippen molar-refractivity contribution in [3.8, 4) is 0 Å². The highest BCUT2D eigenvalue weighted by molar-refractivity contribution is 5.70. The molecule has 1 heterocycles. The second kappa shape index (κ2) is 7.53. The number of hydrogen-bond donors (Lipinski definition) is 2. The molecule has 132 valence electrons. The number of carbonyl (C=O) groups excluding carboxylic acids is 2. The second-order valence-corrected chi connectivity index (χ2v) is 6.77. The van der Waals surface area contributed by atoms with Gasteiger partial charge in [-0.25, -0.2) is 9.59 Å². The zero-order valence-electron chi connectivity index (χ0n) is 14.2. The van der Waals surface area contributed by atoms with Gasteiger partial charge >= 0.3 is 12.2 Å². The Labute approximate surface area is 141 Å². The highest BCUT2D eigenvalue weighted by Gasteiger charge is 2.36. The Balaban J connectivity index is 1.81. The van der Waals surface area contributed by atoms with E-state index in [0.29, 0.717) is 0 Å². The number of carbonyl (C=O) groups is 2. The number of aliphatic hydroxyl groups is 1. The van der Waals surface area contributed by atoms with Crippen LogP contribution < -0.4 is 5.32 Å². The van der Waals surface area contributed by atoms with Crippen molar-refractivity contribution in [2.45, 2.75) is 45.1 Å². The van der Waals surface area contributed by atoms with E-state index in [0.717, 1.165) is 5.56 Å². The van der Waals surface area contributed by atoms with Gasteiger partial charge in [0.1, 0.15) is 12.2 Å². The highest BCUT2D eigenvalue weighted by atomic mass is 16.6. The largest absolute Gasteiger partial charge is 0.445 e. The van der Waals surface area contributed by atoms with Crippen molar-refractivity contribution >= 4 is 12.2 Å². The molecule has 2 atom stereocenters. The second-order valence-electron chi connectivity index (χ2n) is 6.77. The van der Waals surface area contributed by atoms with Crippen LogP contribution in [0.5, 0.6) is 0 Å². The quantitative estimate of drug-likeness (QED) is 0.880. The number of β-amino-alcohol motifs (C(OH)–C–C–N with tert-alkyl or cyclic N) is 1. The third-order valence-electron chi connectivity index (χ3n) is 3.45. The van der Waals surface area contributed by atoms with Gasteiger partial charge in [0.25, 0.3) is 0 Å². The first-order valence-electron chi connectivity index (χ1n) is 7.88. The molecule has 7 nitrogen and oxygen atoms in total. The van der Waals surface area contributed by atoms with Crippen LogP contribution in [0.1, 0.15) is 26.3 Å². The lowest BCUT2D eigenvalue weighted by molar-refractivity contribution is 0.0461. The van der Waals surface area contributed by atoms with E-state index in [2.05, 4.69) is 5.32 Å². The van der Waals surface area contributed by atoms with Crippen LogP contribution in [0.2, 0.25) is 0 Å². The summed E-state index contributed by atoms with van der Waals surface area (Å²) in [7, 11) is 0. The van der Waals surface area contributed by atoms with E-state index in [1.165, 1.54) is 4.90 Å². The predicted octanol–water partition coefficient (Wildman–Crippen LogP) is 1.89. The molecule has 1 aliphatic heterocycles. The van der Waals surface area contributed by atoms with Crippen molar-refractivity contribution in [3.63, 3.8) is 0 Å². The molecule has 1 aromatic rings. The Bertz CT molecular complexity index is 570. The van der Waals surface area contributed by atoms with Crippen molar-refractivity contribution in [2.75, 3.05) is 13.1 Å². The summed E-state index contributed by atoms with van der Waals surface area (Å²) in [6, 6.07) is 8.75. The first kappa shape index (κ1) is 18.1. The van der Waals surface area contributed by atoms with Crippen LogP contribution in [0.4, 0.5) is 9.59 Å². The van der Waals surface area contributed by atoms with Crippen molar-refractivity contribution < 1.29 is 24.2 Å². The molecule has 0 radical (unpaired) electrons. The van der Waals surface area contributed by atoms with Gasteiger partial charge in [-0.15, -0.1) is 0 Å². The van der Waals surface area contributed by atoms with Crippen LogP contribution in [0.25, 0.3) is 0 Å². The minimum absolute atomic E-state index is 0.105. The summed E-state index contributed by atoms with van der Waals surface area (Å²) in [5, 5.41) is 12.6. The summed E-state index contributed by atoms with van der Waals surface area (Å²) < 4.78 is 10.4. The molecule has 1 aromatic carbocycles. The SMILES string of the molecule is CC(C)(C)OC(=O)NC1CN(C(=O)OCc2ccccc2)C[C@H]1O. The first-order chi connectivity index (χ1) is 11.2. The third kappa shape index (κ3) is 5.42. The predicted molar refractivity (Wildman–Crippen MR) is 87.4 cm³/mol. The van der Waals surface area contributed by atoms with Crippen LogP contribution in [0.3, 0.4) is 0 Å². The van der Waals surface area contributed by atoms with Gasteiger partial charge in [0.05, 0.1) is 18.7 Å². The molecule has 24 heavy (non-hydrogen) atoms. The maximum atomic E-state index is 12.1. The molecular weight excluding hydrogens is 312 g/mol. The normalized spacial score (nSPS) is 20.6. The Morgan fingerprint density at radius 3 is 2.54 bits per heavy atom. The van der Waals surface area contributed by atoms with E-state index in [4.69, 9.17) is 9.47 Å². The maximum absolute atomic E-state index is 12.1. The number of nitrogens with zero attached hydrogens (tertiary/aromatic N) is 1. The molecule has 1 unspecified atom stereocenters. The van der Waals surface area contributed by atoms with E-state index in [1.54, 1.807) is 20.8 Å². The standard InChI is InChI=1S/C17H24N2O5/c1-17(2,3)24-15(21)18-13-9-19(10-14(13)20)16(22)23-11-12-7-5-4-6-8-12/h4-8,13-14,20H,9-11H2,1-3H3,(H,18,21)/t13?,14-/m1/s1. The zero-order valence-corrected chi connectivity index (χ0v) is 14.2. The lowest BCUT2D eigenvalue weighted by atomic mass is 10.2. The summed E-state index contributed by atoms with van der Waals surface area (Å²) in [6.45, 7) is 5.71. The smallest absolute Gasteiger partial charge is 0.410 e. The molecule has 0 aromatic heterocycles. The van der Waals surface area contributed by atoms with Crippen molar-refractivity contribution in [3.05, 3.63) is 35.9 Å². The van der Waals surface area contributed by atoms with Crippen LogP contribution >= 0.6 is 0 Å². The molecule has 2 amide bonds. The van der Waals surface area contributed by atoms with Gasteiger partial charge < -0.3 is 24.8 Å². The summed E-state index contributed by atoms with van der Waals surface area (Å²) >= 11 is 0. The van der Waals surface area contributed by atoms with Gasteiger partial charge in [-0.05, 0) is 26.3 Å². The van der Waals surface area contributed by atoms with Crippen LogP contribution in [0.15, 0.2) is 30.3 Å². The number of likely N-dealkylation sites (tertiary alicyclic amines) is 1. The van der Waals surface area contributed by atoms with Crippen molar-refractivity contribution in [1.82, 2.24) is 10.2 Å². The zero-order chi connectivity index (χ0) is 17.7. The molecule has 2 rings (SSSR count). The molecule has 0 aliphatic carbocycles. The number of hydrogen-bond acceptors (Lipinski definition) is 5. The number of alkyl carbamates (subject to hydrolysis) is 1. The Morgan fingerprint density at radius 2 is 1.92 bits per heavy atom. The molecule has 2 N–H and O–H groups in total. The molecule has 7 heteroatoms. The molecule has 0 spiro atoms. The molecular formula is C17H24N2O5. The molecule has 1 saturated heterocycles. The number of nitrogens with one attached hydrogen (secondary N) is 1. The van der Waals surface area contributed by atoms with Gasteiger partial charge in [-0.1, -0.05) is 30.3 Å². The first-order valence-corrected chi connectivity index (χ1v) is 7.88. The van der Waals surface area contributed by atoms with Crippen LogP contribution in [-0.4, -0.2) is 53.0 Å². The van der Waals surface area contributed by atoms with Crippen molar-refractivity contribution in [2.24, 2.45) is 0 Å². The Kier molecular flexibility index (Phi) is 5.66. The van der Waals surface area contributed by atoms with Crippen LogP contribution in [0, 0.1) is 0 Å². The fraction of sp³-hybridized carbons (Fsp3) is 0.529. The minimum atomic E-state index is -0.859. The average molecular weight is 336 g/mol. The van der Waals surface area contributed by atoms with Gasteiger partial charge in [0, 0.05) is 6.54 Å². The fourth-order valence-electron chi connectivity index (χ4n) is 2.35. The molecule has 0 bridgehead atoms. The number of ether oxygens (including phenoxy) is 2. The lowest BCUT2D eigenvalue weighted by Crippen LogP contribution is -2.45. The van der Waals surface area contributed by atoms with Gasteiger partial charge in [0.15, 0.2) is 0 Å². The van der Waals surface area contributed by atoms with E-state index < -0.39 is 29.9 Å². The number of amides is 2. The average Bonchev–Trinajstić information content (AvgIpc) is 2.85. The van der Waals surface area contributed by atoms with Crippen molar-refractivity contribution in [1.29, 1.82) is 0 Å². The number of benzene rings is 1. The van der Waals surface area contributed by atoms with E-state index >= 15 is 0 Å². The van der Waals surface area contributed by atoms with E-state index in [9.17, 15) is 14.7 Å². The third-order valence-corrected chi connectivity index (χ3v) is 3.45. The van der Waals surface area contributed by atoms with Gasteiger partial charge in [-0.2, -0.15) is 0 Å². The summed E-state index contributed by atoms with van der Waals surface area (Å²) in [6.07, 6.45) is -2.00. The monoisotopic (exact) mass is 336 g/mol. The summed E-state index contributed by atoms with van der Waals surface area (Å²) in [5.41, 5.74) is 0.260. The Hall–Kier alpha value is -2.28. The minimum Gasteiger partial charge on any atom is -0.445 e. The number of rotatable bonds is 3. The summed E-state index contributed by atoms with van der Waals surface area (Å²) in [5.74, 6) is 0. The summed E-state index contributed by atoms with van der Waals surface area (Å²) in [4.78, 5) is 25.2. The molecule has 1 fully saturated rings. The highest BCUT2D eigenvalue weighted by Crippen LogP contribution is 2.14. The van der Waals surface area contributed by atoms with Gasteiger partial charge in [-0.3, -0.25) is 0 Å². The lowest BCUT2D eigenvalue weighted by Gasteiger charge is -2.22. The number of aliphatic hydroxyl groups excluding tert-OH is 1. The topological polar surface area (TPSA) is 88.1 Å². The van der Waals surface area contributed by atoms with E-state index in [-0.39, 0.29) is 19.7 Å². The fourth-order valence-corrected chi connectivity index (χ4v) is 2.35. The Morgan fingerprint density at radius 1 is 1.25 bits per heavy atom. The molecule has 1 aliphatic rings. The maximum Gasteiger partial charge on any atom is 0.410 e. The van der Waals surface area contributed by atoms with Gasteiger partial charge in [0.2, 0.25) is 0 Å².